The van der Waals surface area contributed by atoms with Gasteiger partial charge in [0.05, 0.1) is 6.54 Å². The lowest BCUT2D eigenvalue weighted by molar-refractivity contribution is -0.147. The van der Waals surface area contributed by atoms with E-state index in [0.717, 1.165) is 0 Å². The number of nitrogens with zero attached hydrogens (tertiary/aromatic N) is 1. The van der Waals surface area contributed by atoms with Gasteiger partial charge in [-0.1, -0.05) is 6.92 Å². The molecule has 0 unspecified atom stereocenters. The molecule has 3 N–H and O–H groups in total. The van der Waals surface area contributed by atoms with Crippen LogP contribution in [0.5, 0.6) is 0 Å². The van der Waals surface area contributed by atoms with Crippen LogP contribution >= 0.6 is 0 Å². The molecule has 0 aliphatic heterocycles. The van der Waals surface area contributed by atoms with Gasteiger partial charge in [0.1, 0.15) is 5.76 Å². The van der Waals surface area contributed by atoms with Crippen molar-refractivity contribution in [1.82, 2.24) is 10.3 Å². The summed E-state index contributed by atoms with van der Waals surface area (Å²) in [7, 11) is 0. The molecule has 0 bridgehead atoms. The molecule has 1 aromatic rings. The highest BCUT2D eigenvalue weighted by atomic mass is 19.4. The molecule has 8 heteroatoms. The number of hydrogen-bond acceptors (Lipinski definition) is 4. The summed E-state index contributed by atoms with van der Waals surface area (Å²) in [6, 6.07) is 1.41. The molecular weight excluding hydrogens is 275 g/mol. The number of nitrogens with one attached hydrogen (secondary N) is 1. The molecule has 1 aromatic heterocycles. The van der Waals surface area contributed by atoms with E-state index in [0.29, 0.717) is 24.3 Å². The molecule has 0 saturated carbocycles. The quantitative estimate of drug-likeness (QED) is 0.478. The van der Waals surface area contributed by atoms with Crippen LogP contribution in [-0.2, 0) is 6.54 Å². The molecule has 0 spiro atoms. The lowest BCUT2D eigenvalue weighted by Crippen LogP contribution is -2.34. The molecule has 1 rings (SSSR count). The van der Waals surface area contributed by atoms with E-state index >= 15 is 0 Å². The largest absolute Gasteiger partial charge is 0.456 e. The molecular formula is C12H18F3N3O2. The zero-order valence-corrected chi connectivity index (χ0v) is 11.4. The number of nitrogens with two attached hydrogens (primary N) is 1. The lowest BCUT2D eigenvalue weighted by Gasteiger charge is -2.22. The normalized spacial score (nSPS) is 11.9. The van der Waals surface area contributed by atoms with Crippen LogP contribution in [0.3, 0.4) is 0 Å². The van der Waals surface area contributed by atoms with E-state index in [1.54, 1.807) is 13.8 Å². The van der Waals surface area contributed by atoms with Gasteiger partial charge in [-0.25, -0.2) is 5.84 Å². The minimum Gasteiger partial charge on any atom is -0.456 e. The first kappa shape index (κ1) is 16.5. The molecule has 0 fully saturated rings. The fourth-order valence-corrected chi connectivity index (χ4v) is 1.88. The van der Waals surface area contributed by atoms with Gasteiger partial charge >= 0.3 is 12.1 Å². The third kappa shape index (κ3) is 4.86. The fourth-order valence-electron chi connectivity index (χ4n) is 1.88. The SMILES string of the molecule is CCCN(Cc1cc(C(=O)NN)oc1C)CC(F)(F)F. The Hall–Kier alpha value is -1.54. The smallest absolute Gasteiger partial charge is 0.401 e. The number of hydrazine groups is 1. The van der Waals surface area contributed by atoms with E-state index in [1.165, 1.54) is 11.0 Å². The molecule has 0 saturated heterocycles. The third-order valence-electron chi connectivity index (χ3n) is 2.71. The van der Waals surface area contributed by atoms with Crippen molar-refractivity contribution in [2.45, 2.75) is 33.0 Å². The third-order valence-corrected chi connectivity index (χ3v) is 2.71. The van der Waals surface area contributed by atoms with Gasteiger partial charge in [0.25, 0.3) is 0 Å². The van der Waals surface area contributed by atoms with Crippen LogP contribution in [0, 0.1) is 6.92 Å². The Morgan fingerprint density at radius 2 is 2.15 bits per heavy atom. The first-order valence-corrected chi connectivity index (χ1v) is 6.16. The van der Waals surface area contributed by atoms with E-state index < -0.39 is 18.6 Å². The van der Waals surface area contributed by atoms with Crippen LogP contribution in [0.1, 0.15) is 35.2 Å². The van der Waals surface area contributed by atoms with Gasteiger partial charge in [-0.15, -0.1) is 0 Å². The average molecular weight is 293 g/mol. The maximum atomic E-state index is 12.5. The zero-order chi connectivity index (χ0) is 15.3. The number of hydrogen-bond donors (Lipinski definition) is 2. The second-order valence-electron chi connectivity index (χ2n) is 4.49. The van der Waals surface area contributed by atoms with E-state index in [9.17, 15) is 18.0 Å². The van der Waals surface area contributed by atoms with Gasteiger partial charge in [0.15, 0.2) is 5.76 Å². The lowest BCUT2D eigenvalue weighted by atomic mass is 10.2. The standard InChI is InChI=1S/C12H18F3N3O2/c1-3-4-18(7-12(13,14)15)6-9-5-10(11(19)17-16)20-8(9)2/h5H,3-4,6-7,16H2,1-2H3,(H,17,19). The summed E-state index contributed by atoms with van der Waals surface area (Å²) in [5, 5.41) is 0. The van der Waals surface area contributed by atoms with Crippen molar-refractivity contribution in [3.05, 3.63) is 23.2 Å². The number of aryl methyl sites for hydroxylation is 1. The summed E-state index contributed by atoms with van der Waals surface area (Å²) in [6.07, 6.45) is -3.66. The maximum absolute atomic E-state index is 12.5. The van der Waals surface area contributed by atoms with Crippen LogP contribution < -0.4 is 11.3 Å². The predicted molar refractivity (Wildman–Crippen MR) is 66.7 cm³/mol. The van der Waals surface area contributed by atoms with Crippen molar-refractivity contribution in [2.75, 3.05) is 13.1 Å². The molecule has 1 amide bonds. The topological polar surface area (TPSA) is 71.5 Å². The van der Waals surface area contributed by atoms with Crippen LogP contribution in [0.4, 0.5) is 13.2 Å². The first-order chi connectivity index (χ1) is 9.26. The van der Waals surface area contributed by atoms with E-state index in [2.05, 4.69) is 0 Å². The molecule has 0 aromatic carbocycles. The minimum absolute atomic E-state index is 0.0107. The van der Waals surface area contributed by atoms with Gasteiger partial charge in [-0.2, -0.15) is 13.2 Å². The molecule has 20 heavy (non-hydrogen) atoms. The van der Waals surface area contributed by atoms with Crippen molar-refractivity contribution in [3.63, 3.8) is 0 Å². The van der Waals surface area contributed by atoms with Crippen molar-refractivity contribution in [3.8, 4) is 0 Å². The number of halogens is 3. The Bertz CT molecular complexity index is 457. The molecule has 0 radical (unpaired) electrons. The number of carbonyl (C=O) groups excluding carboxylic acids is 1. The Labute approximate surface area is 114 Å². The summed E-state index contributed by atoms with van der Waals surface area (Å²) < 4.78 is 42.6. The van der Waals surface area contributed by atoms with Crippen LogP contribution in [0.15, 0.2) is 10.5 Å². The van der Waals surface area contributed by atoms with Crippen LogP contribution in [0.2, 0.25) is 0 Å². The highest BCUT2D eigenvalue weighted by molar-refractivity contribution is 5.91. The van der Waals surface area contributed by atoms with E-state index in [1.807, 2.05) is 5.43 Å². The predicted octanol–water partition coefficient (Wildman–Crippen LogP) is 1.97. The Balaban J connectivity index is 2.83. The highest BCUT2D eigenvalue weighted by Gasteiger charge is 2.30. The van der Waals surface area contributed by atoms with Gasteiger partial charge < -0.3 is 4.42 Å². The average Bonchev–Trinajstić information content (AvgIpc) is 2.68. The van der Waals surface area contributed by atoms with Gasteiger partial charge in [-0.3, -0.25) is 15.1 Å². The first-order valence-electron chi connectivity index (χ1n) is 6.16. The molecule has 1 heterocycles. The Kier molecular flexibility index (Phi) is 5.58. The minimum atomic E-state index is -4.26. The monoisotopic (exact) mass is 293 g/mol. The van der Waals surface area contributed by atoms with E-state index in [4.69, 9.17) is 10.3 Å². The van der Waals surface area contributed by atoms with Crippen LogP contribution in [0.25, 0.3) is 0 Å². The fraction of sp³-hybridized carbons (Fsp3) is 0.583. The number of carbonyl (C=O) groups is 1. The summed E-state index contributed by atoms with van der Waals surface area (Å²) in [4.78, 5) is 12.6. The van der Waals surface area contributed by atoms with Crippen molar-refractivity contribution in [2.24, 2.45) is 5.84 Å². The zero-order valence-electron chi connectivity index (χ0n) is 11.4. The molecule has 114 valence electrons. The van der Waals surface area contributed by atoms with Gasteiger partial charge in [-0.05, 0) is 26.0 Å². The van der Waals surface area contributed by atoms with Crippen molar-refractivity contribution >= 4 is 5.91 Å². The van der Waals surface area contributed by atoms with Gasteiger partial charge in [0.2, 0.25) is 0 Å². The second-order valence-corrected chi connectivity index (χ2v) is 4.49. The second kappa shape index (κ2) is 6.76. The molecule has 0 aliphatic carbocycles. The summed E-state index contributed by atoms with van der Waals surface area (Å²) >= 11 is 0. The highest BCUT2D eigenvalue weighted by Crippen LogP contribution is 2.21. The Morgan fingerprint density at radius 3 is 2.65 bits per heavy atom. The maximum Gasteiger partial charge on any atom is 0.401 e. The number of nitrogen functional groups attached to an aromatic ring is 1. The van der Waals surface area contributed by atoms with Crippen LogP contribution in [-0.4, -0.2) is 30.1 Å². The van der Waals surface area contributed by atoms with Crippen molar-refractivity contribution in [1.29, 1.82) is 0 Å². The number of rotatable bonds is 6. The van der Waals surface area contributed by atoms with Gasteiger partial charge in [0, 0.05) is 12.1 Å². The summed E-state index contributed by atoms with van der Waals surface area (Å²) in [6.45, 7) is 2.78. The molecule has 0 atom stereocenters. The number of furan rings is 1. The van der Waals surface area contributed by atoms with E-state index in [-0.39, 0.29) is 12.3 Å². The van der Waals surface area contributed by atoms with Crippen molar-refractivity contribution < 1.29 is 22.4 Å². The molecule has 0 aliphatic rings. The number of amides is 1. The number of alkyl halides is 3. The molecule has 5 nitrogen and oxygen atoms in total. The Morgan fingerprint density at radius 1 is 1.50 bits per heavy atom. The summed E-state index contributed by atoms with van der Waals surface area (Å²) in [5.74, 6) is 4.76. The summed E-state index contributed by atoms with van der Waals surface area (Å²) in [5.41, 5.74) is 2.46.